The summed E-state index contributed by atoms with van der Waals surface area (Å²) in [4.78, 5) is 5.20. The number of benzene rings is 7. The van der Waals surface area contributed by atoms with Crippen LogP contribution in [0.4, 0.5) is 17.1 Å². The number of nitrogens with zero attached hydrogens (tertiary/aromatic N) is 1. The Labute approximate surface area is 294 Å². The summed E-state index contributed by atoms with van der Waals surface area (Å²) in [6, 6.07) is 64.5. The van der Waals surface area contributed by atoms with E-state index in [0.29, 0.717) is 0 Å². The molecule has 3 heterocycles. The second-order valence-electron chi connectivity index (χ2n) is 14.0. The van der Waals surface area contributed by atoms with E-state index in [0.717, 1.165) is 0 Å². The maximum absolute atomic E-state index is 2.57. The third-order valence-electron chi connectivity index (χ3n) is 11.3. The second-order valence-corrected chi connectivity index (χ2v) is 17.9. The summed E-state index contributed by atoms with van der Waals surface area (Å²) in [5, 5.41) is 4.48. The SMILES string of the molecule is CC1(C)c2ccccc2N(c2ccc3c(c2)C2(c4ccccc4Sc4ccccc42)c2ccccc2[SiH]3c2ccccc2)c2ccccc21. The Kier molecular flexibility index (Phi) is 6.31. The van der Waals surface area contributed by atoms with Crippen LogP contribution in [0.25, 0.3) is 0 Å². The molecule has 3 aliphatic rings. The first-order chi connectivity index (χ1) is 24.1. The first kappa shape index (κ1) is 28.9. The molecule has 0 saturated heterocycles. The summed E-state index contributed by atoms with van der Waals surface area (Å²) in [5.41, 5.74) is 11.5. The third kappa shape index (κ3) is 3.95. The van der Waals surface area contributed by atoms with Crippen molar-refractivity contribution in [2.24, 2.45) is 0 Å². The highest BCUT2D eigenvalue weighted by Gasteiger charge is 2.51. The van der Waals surface area contributed by atoms with Gasteiger partial charge in [-0.3, -0.25) is 0 Å². The average Bonchev–Trinajstić information content (AvgIpc) is 3.15. The Bertz CT molecular complexity index is 2330. The normalized spacial score (nSPS) is 17.2. The van der Waals surface area contributed by atoms with Crippen LogP contribution in [0.5, 0.6) is 0 Å². The van der Waals surface area contributed by atoms with E-state index in [9.17, 15) is 0 Å². The quantitative estimate of drug-likeness (QED) is 0.170. The third-order valence-corrected chi connectivity index (χ3v) is 15.7. The molecule has 10 rings (SSSR count). The Morgan fingerprint density at radius 1 is 0.449 bits per heavy atom. The average molecular weight is 662 g/mol. The lowest BCUT2D eigenvalue weighted by Crippen LogP contribution is -2.62. The van der Waals surface area contributed by atoms with Gasteiger partial charge in [0, 0.05) is 20.9 Å². The van der Waals surface area contributed by atoms with Crippen molar-refractivity contribution in [1.82, 2.24) is 0 Å². The molecule has 0 radical (unpaired) electrons. The summed E-state index contributed by atoms with van der Waals surface area (Å²) in [6.07, 6.45) is 0. The van der Waals surface area contributed by atoms with E-state index in [1.807, 2.05) is 11.8 Å². The molecule has 0 bridgehead atoms. The highest BCUT2D eigenvalue weighted by molar-refractivity contribution is 7.99. The van der Waals surface area contributed by atoms with Crippen molar-refractivity contribution in [2.75, 3.05) is 4.90 Å². The summed E-state index contributed by atoms with van der Waals surface area (Å²) >= 11 is 1.91. The molecule has 7 aromatic carbocycles. The molecule has 1 spiro atoms. The standard InChI is InChI=1S/C46H35NSSi/c1-45(2)33-18-6-11-23-39(33)47(40-24-12-7-19-34(40)45)31-28-29-44-38(30-31)46(35-20-8-13-25-41(35)48-42-26-14-9-21-36(42)46)37-22-10-15-27-43(37)49(44)32-16-4-3-5-17-32/h3-30,49H,1-2H3. The van der Waals surface area contributed by atoms with E-state index in [4.69, 9.17) is 0 Å². The predicted molar refractivity (Wildman–Crippen MR) is 208 cm³/mol. The first-order valence-corrected chi connectivity index (χ1v) is 19.8. The van der Waals surface area contributed by atoms with Gasteiger partial charge in [-0.2, -0.15) is 0 Å². The van der Waals surface area contributed by atoms with Gasteiger partial charge in [-0.15, -0.1) is 0 Å². The van der Waals surface area contributed by atoms with E-state index >= 15 is 0 Å². The molecule has 0 fully saturated rings. The van der Waals surface area contributed by atoms with Gasteiger partial charge in [0.05, 0.1) is 16.8 Å². The molecule has 1 atom stereocenters. The molecule has 1 nitrogen and oxygen atoms in total. The summed E-state index contributed by atoms with van der Waals surface area (Å²) in [7, 11) is -1.85. The van der Waals surface area contributed by atoms with Gasteiger partial charge in [-0.05, 0) is 80.2 Å². The van der Waals surface area contributed by atoms with E-state index < -0.39 is 14.2 Å². The lowest BCUT2D eigenvalue weighted by atomic mass is 9.64. The van der Waals surface area contributed by atoms with Crippen LogP contribution in [-0.4, -0.2) is 8.80 Å². The Morgan fingerprint density at radius 3 is 1.57 bits per heavy atom. The van der Waals surface area contributed by atoms with Crippen molar-refractivity contribution >= 4 is 53.2 Å². The molecule has 7 aromatic rings. The fraction of sp³-hybridized carbons (Fsp3) is 0.0870. The fourth-order valence-corrected chi connectivity index (χ4v) is 13.9. The molecule has 234 valence electrons. The predicted octanol–water partition coefficient (Wildman–Crippen LogP) is 9.20. The molecule has 0 saturated carbocycles. The zero-order valence-corrected chi connectivity index (χ0v) is 29.6. The van der Waals surface area contributed by atoms with Gasteiger partial charge in [0.25, 0.3) is 0 Å². The summed E-state index contributed by atoms with van der Waals surface area (Å²) in [6.45, 7) is 4.73. The summed E-state index contributed by atoms with van der Waals surface area (Å²) in [5.74, 6) is 0. The minimum atomic E-state index is -1.85. The molecule has 0 aliphatic carbocycles. The van der Waals surface area contributed by atoms with Crippen molar-refractivity contribution in [3.8, 4) is 0 Å². The van der Waals surface area contributed by atoms with Gasteiger partial charge in [0.15, 0.2) is 0 Å². The van der Waals surface area contributed by atoms with Crippen LogP contribution in [0.1, 0.15) is 47.2 Å². The number of para-hydroxylation sites is 2. The Morgan fingerprint density at radius 2 is 0.939 bits per heavy atom. The van der Waals surface area contributed by atoms with Crippen LogP contribution < -0.4 is 20.5 Å². The van der Waals surface area contributed by atoms with Crippen molar-refractivity contribution < 1.29 is 0 Å². The molecular formula is C46H35NSSi. The van der Waals surface area contributed by atoms with Crippen molar-refractivity contribution in [3.63, 3.8) is 0 Å². The van der Waals surface area contributed by atoms with Gasteiger partial charge in [-0.25, -0.2) is 0 Å². The zero-order valence-electron chi connectivity index (χ0n) is 27.6. The van der Waals surface area contributed by atoms with Crippen LogP contribution in [0.15, 0.2) is 180 Å². The maximum atomic E-state index is 2.57. The number of hydrogen-bond acceptors (Lipinski definition) is 2. The molecular weight excluding hydrogens is 627 g/mol. The lowest BCUT2D eigenvalue weighted by Gasteiger charge is -2.48. The van der Waals surface area contributed by atoms with Gasteiger partial charge >= 0.3 is 0 Å². The van der Waals surface area contributed by atoms with Crippen molar-refractivity contribution in [3.05, 3.63) is 203 Å². The molecule has 1 unspecified atom stereocenters. The fourth-order valence-electron chi connectivity index (χ4n) is 9.19. The summed E-state index contributed by atoms with van der Waals surface area (Å²) < 4.78 is 0. The van der Waals surface area contributed by atoms with Gasteiger partial charge in [0.1, 0.15) is 8.80 Å². The number of fused-ring (bicyclic) bond motifs is 10. The maximum Gasteiger partial charge on any atom is 0.133 e. The monoisotopic (exact) mass is 661 g/mol. The Hall–Kier alpha value is -5.09. The van der Waals surface area contributed by atoms with Crippen LogP contribution in [0.3, 0.4) is 0 Å². The molecule has 0 N–H and O–H groups in total. The first-order valence-electron chi connectivity index (χ1n) is 17.2. The second kappa shape index (κ2) is 10.7. The van der Waals surface area contributed by atoms with Gasteiger partial charge < -0.3 is 4.90 Å². The largest absolute Gasteiger partial charge is 0.310 e. The smallest absolute Gasteiger partial charge is 0.133 e. The highest BCUT2D eigenvalue weighted by atomic mass is 32.2. The zero-order chi connectivity index (χ0) is 32.7. The van der Waals surface area contributed by atoms with Crippen LogP contribution in [0.2, 0.25) is 0 Å². The molecule has 0 aromatic heterocycles. The molecule has 3 aliphatic heterocycles. The topological polar surface area (TPSA) is 3.24 Å². The van der Waals surface area contributed by atoms with Crippen LogP contribution in [-0.2, 0) is 10.8 Å². The number of rotatable bonds is 2. The van der Waals surface area contributed by atoms with E-state index in [2.05, 4.69) is 189 Å². The van der Waals surface area contributed by atoms with Crippen molar-refractivity contribution in [2.45, 2.75) is 34.5 Å². The van der Waals surface area contributed by atoms with E-state index in [1.165, 1.54) is 75.8 Å². The van der Waals surface area contributed by atoms with Crippen LogP contribution in [0, 0.1) is 0 Å². The van der Waals surface area contributed by atoms with E-state index in [-0.39, 0.29) is 5.41 Å². The minimum absolute atomic E-state index is 0.109. The highest BCUT2D eigenvalue weighted by Crippen LogP contribution is 2.57. The Balaban J connectivity index is 1.34. The van der Waals surface area contributed by atoms with Gasteiger partial charge in [0.2, 0.25) is 0 Å². The number of hydrogen-bond donors (Lipinski definition) is 0. The van der Waals surface area contributed by atoms with Crippen LogP contribution >= 0.6 is 11.8 Å². The lowest BCUT2D eigenvalue weighted by molar-refractivity contribution is 0.632. The molecule has 3 heteroatoms. The number of anilines is 3. The van der Waals surface area contributed by atoms with Crippen molar-refractivity contribution in [1.29, 1.82) is 0 Å². The molecule has 0 amide bonds. The van der Waals surface area contributed by atoms with E-state index in [1.54, 1.807) is 0 Å². The molecule has 49 heavy (non-hydrogen) atoms. The van der Waals surface area contributed by atoms with Gasteiger partial charge in [-0.1, -0.05) is 164 Å². The minimum Gasteiger partial charge on any atom is -0.310 e.